The minimum atomic E-state index is -0.516. The van der Waals surface area contributed by atoms with Crippen molar-refractivity contribution >= 4 is 21.9 Å². The average Bonchev–Trinajstić information content (AvgIpc) is 3.40. The number of nitrogens with zero attached hydrogens (tertiary/aromatic N) is 1. The van der Waals surface area contributed by atoms with Gasteiger partial charge in [0.05, 0.1) is 5.56 Å². The van der Waals surface area contributed by atoms with Gasteiger partial charge in [-0.2, -0.15) is 0 Å². The lowest BCUT2D eigenvalue weighted by Gasteiger charge is -2.45. The normalized spacial score (nSPS) is 20.5. The maximum atomic E-state index is 9.77. The first kappa shape index (κ1) is 26.3. The topological polar surface area (TPSA) is 17.0 Å². The maximum Gasteiger partial charge on any atom is 0.216 e. The zero-order chi connectivity index (χ0) is 30.5. The molecule has 216 valence electrons. The standard InChI is InChI=1S/C40H46NO/c1-25-20-21-31-30-18-14-17-29(36(30)42-37(31)33(25)32-19-12-13-24-41(32)8)28-23-22-27(26-15-10-9-11-16-26)34-35(28)39(4,5)40(6,7)38(34,2)3/h12-14,17-24,26H,9-11,15-16H2,1-8H3/q+1/i26D. The number of hydrogen-bond acceptors (Lipinski definition) is 1. The summed E-state index contributed by atoms with van der Waals surface area (Å²) in [6.07, 6.45) is 7.54. The molecule has 0 radical (unpaired) electrons. The molecule has 42 heavy (non-hydrogen) atoms. The van der Waals surface area contributed by atoms with Crippen molar-refractivity contribution in [1.82, 2.24) is 0 Å². The number of hydrogen-bond donors (Lipinski definition) is 0. The monoisotopic (exact) mass is 557 g/mol. The molecule has 2 heterocycles. The Labute approximate surface area is 253 Å². The predicted octanol–water partition coefficient (Wildman–Crippen LogP) is 10.7. The molecule has 0 spiro atoms. The highest BCUT2D eigenvalue weighted by atomic mass is 16.3. The second-order valence-electron chi connectivity index (χ2n) is 14.6. The zero-order valence-corrected chi connectivity index (χ0v) is 26.7. The van der Waals surface area contributed by atoms with E-state index in [1.807, 2.05) is 0 Å². The third-order valence-corrected chi connectivity index (χ3v) is 11.9. The summed E-state index contributed by atoms with van der Waals surface area (Å²) in [6, 6.07) is 22.1. The molecular weight excluding hydrogens is 510 g/mol. The molecule has 2 nitrogen and oxygen atoms in total. The van der Waals surface area contributed by atoms with Crippen LogP contribution in [0.3, 0.4) is 0 Å². The molecule has 0 aliphatic heterocycles. The van der Waals surface area contributed by atoms with Crippen LogP contribution in [0.2, 0.25) is 0 Å². The van der Waals surface area contributed by atoms with Crippen LogP contribution in [-0.2, 0) is 17.9 Å². The summed E-state index contributed by atoms with van der Waals surface area (Å²) in [5.74, 6) is -0.516. The lowest BCUT2D eigenvalue weighted by Crippen LogP contribution is -2.42. The van der Waals surface area contributed by atoms with E-state index >= 15 is 0 Å². The number of para-hydroxylation sites is 1. The molecule has 0 N–H and O–H groups in total. The Morgan fingerprint density at radius 3 is 2.19 bits per heavy atom. The molecule has 2 aliphatic rings. The molecule has 0 unspecified atom stereocenters. The summed E-state index contributed by atoms with van der Waals surface area (Å²) in [6.45, 7) is 16.8. The van der Waals surface area contributed by atoms with Crippen LogP contribution in [0.1, 0.15) is 103 Å². The van der Waals surface area contributed by atoms with Crippen LogP contribution in [0.25, 0.3) is 44.3 Å². The molecule has 2 aromatic heterocycles. The summed E-state index contributed by atoms with van der Waals surface area (Å²) in [5.41, 5.74) is 11.7. The third kappa shape index (κ3) is 3.60. The smallest absolute Gasteiger partial charge is 0.216 e. The lowest BCUT2D eigenvalue weighted by atomic mass is 9.59. The number of furan rings is 1. The number of aromatic nitrogens is 1. The van der Waals surface area contributed by atoms with E-state index in [1.165, 1.54) is 34.2 Å². The van der Waals surface area contributed by atoms with Crippen LogP contribution < -0.4 is 4.57 Å². The van der Waals surface area contributed by atoms with Gasteiger partial charge in [-0.3, -0.25) is 0 Å². The Balaban J connectivity index is 1.55. The van der Waals surface area contributed by atoms with Gasteiger partial charge >= 0.3 is 0 Å². The highest BCUT2D eigenvalue weighted by molar-refractivity contribution is 6.13. The van der Waals surface area contributed by atoms with Gasteiger partial charge in [0.25, 0.3) is 0 Å². The van der Waals surface area contributed by atoms with E-state index in [-0.39, 0.29) is 16.2 Å². The van der Waals surface area contributed by atoms with Gasteiger partial charge in [0, 0.05) is 29.8 Å². The van der Waals surface area contributed by atoms with E-state index in [2.05, 4.69) is 127 Å². The molecule has 0 amide bonds. The van der Waals surface area contributed by atoms with Crippen LogP contribution in [0.15, 0.2) is 71.3 Å². The minimum absolute atomic E-state index is 0.00761. The Morgan fingerprint density at radius 2 is 1.45 bits per heavy atom. The summed E-state index contributed by atoms with van der Waals surface area (Å²) in [7, 11) is 2.10. The molecule has 3 aromatic carbocycles. The molecule has 0 bridgehead atoms. The van der Waals surface area contributed by atoms with Crippen molar-refractivity contribution in [2.75, 3.05) is 0 Å². The molecule has 0 saturated heterocycles. The highest BCUT2D eigenvalue weighted by Gasteiger charge is 2.58. The van der Waals surface area contributed by atoms with Crippen molar-refractivity contribution in [3.8, 4) is 22.4 Å². The van der Waals surface area contributed by atoms with Gasteiger partial charge in [0.15, 0.2) is 6.20 Å². The van der Waals surface area contributed by atoms with Crippen molar-refractivity contribution in [2.45, 2.75) is 97.3 Å². The fourth-order valence-corrected chi connectivity index (χ4v) is 8.35. The van der Waals surface area contributed by atoms with Crippen LogP contribution >= 0.6 is 0 Å². The summed E-state index contributed by atoms with van der Waals surface area (Å²) < 4.78 is 19.0. The van der Waals surface area contributed by atoms with E-state index in [0.717, 1.165) is 64.4 Å². The van der Waals surface area contributed by atoms with E-state index in [4.69, 9.17) is 4.42 Å². The fourth-order valence-electron chi connectivity index (χ4n) is 8.35. The van der Waals surface area contributed by atoms with E-state index in [0.29, 0.717) is 0 Å². The third-order valence-electron chi connectivity index (χ3n) is 11.9. The molecule has 2 aliphatic carbocycles. The SMILES string of the molecule is [2H]C1(c2ccc(-c3cccc4c3oc3c(-c5cccc[n+]5C)c(C)ccc34)c3c2C(C)(C)C(C)(C)C3(C)C)CCCCC1. The Hall–Kier alpha value is -3.39. The molecule has 2 heteroatoms. The first-order valence-corrected chi connectivity index (χ1v) is 15.9. The van der Waals surface area contributed by atoms with Crippen LogP contribution in [0.4, 0.5) is 0 Å². The van der Waals surface area contributed by atoms with Gasteiger partial charge in [0.1, 0.15) is 18.2 Å². The van der Waals surface area contributed by atoms with Crippen molar-refractivity contribution in [3.63, 3.8) is 0 Å². The molecular formula is C40H46NO+. The van der Waals surface area contributed by atoms with Gasteiger partial charge in [-0.15, -0.1) is 0 Å². The lowest BCUT2D eigenvalue weighted by molar-refractivity contribution is -0.660. The minimum Gasteiger partial charge on any atom is -0.454 e. The molecule has 1 saturated carbocycles. The van der Waals surface area contributed by atoms with Crippen LogP contribution in [-0.4, -0.2) is 0 Å². The van der Waals surface area contributed by atoms with Crippen molar-refractivity contribution in [3.05, 3.63) is 89.1 Å². The van der Waals surface area contributed by atoms with Crippen molar-refractivity contribution < 1.29 is 10.4 Å². The van der Waals surface area contributed by atoms with Gasteiger partial charge in [-0.25, -0.2) is 4.57 Å². The maximum absolute atomic E-state index is 9.77. The first-order chi connectivity index (χ1) is 20.3. The molecule has 5 aromatic rings. The summed E-state index contributed by atoms with van der Waals surface area (Å²) in [4.78, 5) is 0. The Bertz CT molecular complexity index is 1910. The van der Waals surface area contributed by atoms with Gasteiger partial charge in [0.2, 0.25) is 5.69 Å². The van der Waals surface area contributed by atoms with Crippen molar-refractivity contribution in [1.29, 1.82) is 0 Å². The number of benzene rings is 3. The second-order valence-corrected chi connectivity index (χ2v) is 14.6. The molecule has 1 fully saturated rings. The largest absolute Gasteiger partial charge is 0.454 e. The quantitative estimate of drug-likeness (QED) is 0.202. The Morgan fingerprint density at radius 1 is 0.738 bits per heavy atom. The first-order valence-electron chi connectivity index (χ1n) is 16.4. The summed E-state index contributed by atoms with van der Waals surface area (Å²) in [5, 5.41) is 2.31. The van der Waals surface area contributed by atoms with Gasteiger partial charge in [-0.05, 0) is 75.8 Å². The van der Waals surface area contributed by atoms with Crippen LogP contribution in [0.5, 0.6) is 0 Å². The van der Waals surface area contributed by atoms with E-state index < -0.39 is 5.89 Å². The van der Waals surface area contributed by atoms with Crippen molar-refractivity contribution in [2.24, 2.45) is 12.5 Å². The second kappa shape index (κ2) is 9.30. The van der Waals surface area contributed by atoms with Gasteiger partial charge < -0.3 is 4.42 Å². The number of rotatable bonds is 3. The Kier molecular flexibility index (Phi) is 5.82. The predicted molar refractivity (Wildman–Crippen MR) is 176 cm³/mol. The number of pyridine rings is 1. The highest BCUT2D eigenvalue weighted by Crippen LogP contribution is 2.65. The molecule has 7 rings (SSSR count). The number of fused-ring (bicyclic) bond motifs is 4. The fraction of sp³-hybridized carbons (Fsp3) is 0.425. The zero-order valence-electron chi connectivity index (χ0n) is 27.7. The average molecular weight is 558 g/mol. The van der Waals surface area contributed by atoms with Crippen LogP contribution in [0, 0.1) is 12.3 Å². The van der Waals surface area contributed by atoms with Gasteiger partial charge in [-0.1, -0.05) is 103 Å². The van der Waals surface area contributed by atoms with E-state index in [1.54, 1.807) is 0 Å². The summed E-state index contributed by atoms with van der Waals surface area (Å²) >= 11 is 0. The number of aryl methyl sites for hydroxylation is 2. The van der Waals surface area contributed by atoms with E-state index in [9.17, 15) is 1.37 Å². The molecule has 0 atom stereocenters.